The molecule has 7 heteroatoms. The number of anilines is 1. The first-order valence-corrected chi connectivity index (χ1v) is 6.87. The second-order valence-electron chi connectivity index (χ2n) is 4.07. The molecule has 2 heterocycles. The van der Waals surface area contributed by atoms with Gasteiger partial charge in [0.15, 0.2) is 0 Å². The predicted octanol–water partition coefficient (Wildman–Crippen LogP) is 2.43. The van der Waals surface area contributed by atoms with E-state index in [1.54, 1.807) is 24.4 Å². The molecule has 0 aliphatic heterocycles. The molecule has 0 atom stereocenters. The summed E-state index contributed by atoms with van der Waals surface area (Å²) in [5, 5.41) is 2.68. The fraction of sp³-hybridized carbons (Fsp3) is 0.0769. The first-order chi connectivity index (χ1) is 9.47. The average Bonchev–Trinajstić information content (AvgIpc) is 2.43. The zero-order valence-electron chi connectivity index (χ0n) is 10.6. The summed E-state index contributed by atoms with van der Waals surface area (Å²) in [5.74, 6) is 0.129. The Morgan fingerprint density at radius 3 is 2.65 bits per heavy atom. The van der Waals surface area contributed by atoms with Crippen molar-refractivity contribution >= 4 is 44.9 Å². The molecule has 0 saturated carbocycles. The number of nitrogens with zero attached hydrogens (tertiary/aromatic N) is 2. The maximum Gasteiger partial charge on any atom is 0.275 e. The Morgan fingerprint density at radius 2 is 2.10 bits per heavy atom. The van der Waals surface area contributed by atoms with Gasteiger partial charge in [-0.25, -0.2) is 4.98 Å². The van der Waals surface area contributed by atoms with Crippen LogP contribution in [-0.4, -0.2) is 20.9 Å². The van der Waals surface area contributed by atoms with E-state index in [4.69, 9.17) is 18.0 Å². The highest BCUT2D eigenvalue weighted by atomic mass is 79.9. The fourth-order valence-electron chi connectivity index (χ4n) is 1.46. The molecule has 102 valence electrons. The van der Waals surface area contributed by atoms with Crippen LogP contribution in [0.25, 0.3) is 0 Å². The highest BCUT2D eigenvalue weighted by molar-refractivity contribution is 9.10. The maximum atomic E-state index is 12.0. The molecular weight excluding hydrogens is 340 g/mol. The first-order valence-electron chi connectivity index (χ1n) is 5.66. The van der Waals surface area contributed by atoms with Crippen molar-refractivity contribution in [1.82, 2.24) is 9.97 Å². The number of carbonyl (C=O) groups excluding carboxylic acids is 1. The third kappa shape index (κ3) is 3.37. The van der Waals surface area contributed by atoms with Gasteiger partial charge in [-0.05, 0) is 46.6 Å². The summed E-state index contributed by atoms with van der Waals surface area (Å²) in [6, 6.07) is 4.99. The number of thiocarbonyl (C=S) groups is 1. The summed E-state index contributed by atoms with van der Waals surface area (Å²) in [5.41, 5.74) is 7.34. The van der Waals surface area contributed by atoms with Crippen LogP contribution in [0.3, 0.4) is 0 Å². The van der Waals surface area contributed by atoms with E-state index >= 15 is 0 Å². The minimum atomic E-state index is -0.339. The minimum Gasteiger partial charge on any atom is -0.389 e. The van der Waals surface area contributed by atoms with E-state index in [9.17, 15) is 4.79 Å². The van der Waals surface area contributed by atoms with Crippen LogP contribution in [0.5, 0.6) is 0 Å². The number of rotatable bonds is 3. The van der Waals surface area contributed by atoms with Crippen LogP contribution in [0.15, 0.2) is 35.1 Å². The van der Waals surface area contributed by atoms with Crippen molar-refractivity contribution in [1.29, 1.82) is 0 Å². The summed E-state index contributed by atoms with van der Waals surface area (Å²) < 4.78 is 0.884. The van der Waals surface area contributed by atoms with Gasteiger partial charge in [0, 0.05) is 22.4 Å². The van der Waals surface area contributed by atoms with Gasteiger partial charge in [-0.3, -0.25) is 9.78 Å². The van der Waals surface area contributed by atoms with Crippen molar-refractivity contribution in [2.75, 3.05) is 5.32 Å². The smallest absolute Gasteiger partial charge is 0.275 e. The molecule has 20 heavy (non-hydrogen) atoms. The van der Waals surface area contributed by atoms with Gasteiger partial charge in [0.1, 0.15) is 16.5 Å². The Hall–Kier alpha value is -1.86. The molecule has 0 radical (unpaired) electrons. The molecule has 1 amide bonds. The van der Waals surface area contributed by atoms with Crippen molar-refractivity contribution in [2.45, 2.75) is 6.92 Å². The number of nitrogens with one attached hydrogen (secondary N) is 1. The molecule has 0 aromatic carbocycles. The Morgan fingerprint density at radius 1 is 1.35 bits per heavy atom. The van der Waals surface area contributed by atoms with Gasteiger partial charge in [-0.1, -0.05) is 12.2 Å². The Labute approximate surface area is 129 Å². The SMILES string of the molecule is Cc1cc(NC(=O)c2ccc(C(N)=S)cn2)ncc1Br. The lowest BCUT2D eigenvalue weighted by atomic mass is 10.2. The van der Waals surface area contributed by atoms with Crippen LogP contribution in [0.4, 0.5) is 5.82 Å². The standard InChI is InChI=1S/C13H11BrN4OS/c1-7-4-11(17-6-9(7)14)18-13(19)10-3-2-8(5-16-10)12(15)20/h2-6H,1H3,(H2,15,20)(H,17,18,19). The van der Waals surface area contributed by atoms with E-state index in [0.29, 0.717) is 11.4 Å². The molecule has 0 fully saturated rings. The summed E-state index contributed by atoms with van der Waals surface area (Å²) in [6.45, 7) is 1.91. The number of hydrogen-bond donors (Lipinski definition) is 2. The molecule has 0 aliphatic carbocycles. The van der Waals surface area contributed by atoms with Crippen LogP contribution < -0.4 is 11.1 Å². The van der Waals surface area contributed by atoms with E-state index < -0.39 is 0 Å². The molecule has 2 aromatic heterocycles. The van der Waals surface area contributed by atoms with E-state index in [0.717, 1.165) is 10.0 Å². The molecule has 3 N–H and O–H groups in total. The average molecular weight is 351 g/mol. The van der Waals surface area contributed by atoms with E-state index in [1.807, 2.05) is 6.92 Å². The van der Waals surface area contributed by atoms with Crippen molar-refractivity contribution in [3.05, 3.63) is 51.9 Å². The van der Waals surface area contributed by atoms with E-state index in [-0.39, 0.29) is 16.6 Å². The van der Waals surface area contributed by atoms with E-state index in [2.05, 4.69) is 31.2 Å². The van der Waals surface area contributed by atoms with Gasteiger partial charge < -0.3 is 11.1 Å². The van der Waals surface area contributed by atoms with Gasteiger partial charge in [-0.2, -0.15) is 0 Å². The van der Waals surface area contributed by atoms with E-state index in [1.165, 1.54) is 6.20 Å². The van der Waals surface area contributed by atoms with Crippen LogP contribution >= 0.6 is 28.1 Å². The molecule has 0 spiro atoms. The molecule has 2 aromatic rings. The summed E-state index contributed by atoms with van der Waals surface area (Å²) in [6.07, 6.45) is 3.10. The molecule has 0 bridgehead atoms. The third-order valence-corrected chi connectivity index (χ3v) is 3.64. The van der Waals surface area contributed by atoms with Crippen LogP contribution in [0.1, 0.15) is 21.6 Å². The van der Waals surface area contributed by atoms with Gasteiger partial charge in [0.25, 0.3) is 5.91 Å². The highest BCUT2D eigenvalue weighted by Crippen LogP contribution is 2.17. The lowest BCUT2D eigenvalue weighted by molar-refractivity contribution is 0.102. The largest absolute Gasteiger partial charge is 0.389 e. The van der Waals surface area contributed by atoms with Gasteiger partial charge in [0.2, 0.25) is 0 Å². The van der Waals surface area contributed by atoms with Crippen LogP contribution in [-0.2, 0) is 0 Å². The molecule has 0 saturated heterocycles. The number of amides is 1. The molecule has 5 nitrogen and oxygen atoms in total. The fourth-order valence-corrected chi connectivity index (χ4v) is 1.80. The van der Waals surface area contributed by atoms with Crippen molar-refractivity contribution in [3.63, 3.8) is 0 Å². The number of nitrogens with two attached hydrogens (primary N) is 1. The maximum absolute atomic E-state index is 12.0. The number of aromatic nitrogens is 2. The van der Waals surface area contributed by atoms with Gasteiger partial charge in [0.05, 0.1) is 0 Å². The van der Waals surface area contributed by atoms with Crippen molar-refractivity contribution in [3.8, 4) is 0 Å². The number of hydrogen-bond acceptors (Lipinski definition) is 4. The Balaban J connectivity index is 2.15. The van der Waals surface area contributed by atoms with Gasteiger partial charge in [-0.15, -0.1) is 0 Å². The zero-order chi connectivity index (χ0) is 14.7. The summed E-state index contributed by atoms with van der Waals surface area (Å²) >= 11 is 8.18. The number of aryl methyl sites for hydroxylation is 1. The molecule has 2 rings (SSSR count). The van der Waals surface area contributed by atoms with Crippen molar-refractivity contribution < 1.29 is 4.79 Å². The molecule has 0 aliphatic rings. The van der Waals surface area contributed by atoms with Crippen molar-refractivity contribution in [2.24, 2.45) is 5.73 Å². The highest BCUT2D eigenvalue weighted by Gasteiger charge is 2.09. The predicted molar refractivity (Wildman–Crippen MR) is 84.8 cm³/mol. The monoisotopic (exact) mass is 350 g/mol. The summed E-state index contributed by atoms with van der Waals surface area (Å²) in [7, 11) is 0. The summed E-state index contributed by atoms with van der Waals surface area (Å²) in [4.78, 5) is 20.4. The number of carbonyl (C=O) groups is 1. The lowest BCUT2D eigenvalue weighted by Crippen LogP contribution is -2.16. The normalized spacial score (nSPS) is 10.1. The van der Waals surface area contributed by atoms with Gasteiger partial charge >= 0.3 is 0 Å². The van der Waals surface area contributed by atoms with Crippen LogP contribution in [0.2, 0.25) is 0 Å². The quantitative estimate of drug-likeness (QED) is 0.831. The number of halogens is 1. The third-order valence-electron chi connectivity index (χ3n) is 2.57. The molecule has 0 unspecified atom stereocenters. The number of pyridine rings is 2. The lowest BCUT2D eigenvalue weighted by Gasteiger charge is -2.06. The Kier molecular flexibility index (Phi) is 4.41. The molecular formula is C13H11BrN4OS. The zero-order valence-corrected chi connectivity index (χ0v) is 13.0. The minimum absolute atomic E-state index is 0.245. The topological polar surface area (TPSA) is 80.9 Å². The van der Waals surface area contributed by atoms with Crippen LogP contribution in [0, 0.1) is 6.92 Å². The Bertz CT molecular complexity index is 673. The first kappa shape index (κ1) is 14.5. The second kappa shape index (κ2) is 6.06. The second-order valence-corrected chi connectivity index (χ2v) is 5.36.